The minimum atomic E-state index is -1.26. The van der Waals surface area contributed by atoms with Crippen molar-refractivity contribution < 1.29 is 52.3 Å². The largest absolute Gasteiger partial charge is 0.497 e. The van der Waals surface area contributed by atoms with E-state index in [1.165, 1.54) is 28.1 Å². The highest BCUT2D eigenvalue weighted by Crippen LogP contribution is 2.41. The summed E-state index contributed by atoms with van der Waals surface area (Å²) < 4.78 is 38.2. The molecule has 2 rings (SSSR count). The minimum absolute atomic E-state index is 0.313. The van der Waals surface area contributed by atoms with E-state index in [4.69, 9.17) is 33.2 Å². The molecular weight excluding hydrogens is 440 g/mol. The molecule has 1 heterocycles. The van der Waals surface area contributed by atoms with Gasteiger partial charge in [-0.2, -0.15) is 0 Å². The van der Waals surface area contributed by atoms with Crippen molar-refractivity contribution >= 4 is 23.9 Å². The summed E-state index contributed by atoms with van der Waals surface area (Å²) in [6.07, 6.45) is -5.79. The number of ether oxygens (including phenoxy) is 7. The van der Waals surface area contributed by atoms with Crippen molar-refractivity contribution in [3.8, 4) is 11.5 Å². The monoisotopic (exact) mass is 468 g/mol. The molecule has 182 valence electrons. The maximum absolute atomic E-state index is 12.0. The fraction of sp³-hybridized carbons (Fsp3) is 0.545. The van der Waals surface area contributed by atoms with Crippen LogP contribution in [0.15, 0.2) is 18.2 Å². The van der Waals surface area contributed by atoms with Crippen LogP contribution in [0.4, 0.5) is 0 Å². The fourth-order valence-corrected chi connectivity index (χ4v) is 3.53. The molecule has 0 aliphatic carbocycles. The molecule has 0 aromatic heterocycles. The first kappa shape index (κ1) is 25.9. The molecule has 0 N–H and O–H groups in total. The zero-order chi connectivity index (χ0) is 24.7. The number of rotatable bonds is 8. The molecule has 1 aliphatic rings. The van der Waals surface area contributed by atoms with E-state index in [0.29, 0.717) is 17.1 Å². The average Bonchev–Trinajstić information content (AvgIpc) is 2.73. The minimum Gasteiger partial charge on any atom is -0.497 e. The Morgan fingerprint density at radius 1 is 0.788 bits per heavy atom. The van der Waals surface area contributed by atoms with Gasteiger partial charge < -0.3 is 33.2 Å². The molecule has 33 heavy (non-hydrogen) atoms. The second kappa shape index (κ2) is 11.5. The zero-order valence-electron chi connectivity index (χ0n) is 19.3. The van der Waals surface area contributed by atoms with E-state index >= 15 is 0 Å². The molecule has 11 heteroatoms. The lowest BCUT2D eigenvalue weighted by atomic mass is 9.90. The SMILES string of the molecule is COc1ccc([C@@H]2O[C@H](COC(C)=O)[C@@H](OC(C)=O)[C@H](OC(C)=O)[C@H]2OC(C)=O)c(OC)c1. The van der Waals surface area contributed by atoms with Gasteiger partial charge in [-0.25, -0.2) is 0 Å². The number of hydrogen-bond donors (Lipinski definition) is 0. The van der Waals surface area contributed by atoms with Crippen LogP contribution in [0.3, 0.4) is 0 Å². The number of carbonyl (C=O) groups excluding carboxylic acids is 4. The third kappa shape index (κ3) is 6.82. The molecule has 1 aliphatic heterocycles. The number of methoxy groups -OCH3 is 2. The first-order valence-corrected chi connectivity index (χ1v) is 10.1. The van der Waals surface area contributed by atoms with Crippen LogP contribution in [0.5, 0.6) is 11.5 Å². The summed E-state index contributed by atoms with van der Waals surface area (Å²) in [5, 5.41) is 0. The van der Waals surface area contributed by atoms with Crippen LogP contribution >= 0.6 is 0 Å². The highest BCUT2D eigenvalue weighted by atomic mass is 16.7. The Balaban J connectivity index is 2.62. The lowest BCUT2D eigenvalue weighted by molar-refractivity contribution is -0.254. The molecule has 5 atom stereocenters. The van der Waals surface area contributed by atoms with E-state index in [-0.39, 0.29) is 6.61 Å². The molecule has 0 unspecified atom stereocenters. The highest BCUT2D eigenvalue weighted by molar-refractivity contribution is 5.69. The van der Waals surface area contributed by atoms with Crippen molar-refractivity contribution in [1.29, 1.82) is 0 Å². The van der Waals surface area contributed by atoms with E-state index in [9.17, 15) is 19.2 Å². The Bertz CT molecular complexity index is 881. The van der Waals surface area contributed by atoms with Crippen LogP contribution in [0.2, 0.25) is 0 Å². The molecule has 1 fully saturated rings. The van der Waals surface area contributed by atoms with E-state index in [2.05, 4.69) is 0 Å². The van der Waals surface area contributed by atoms with Crippen LogP contribution in [0.1, 0.15) is 39.4 Å². The van der Waals surface area contributed by atoms with Crippen LogP contribution < -0.4 is 9.47 Å². The van der Waals surface area contributed by atoms with Gasteiger partial charge in [0.1, 0.15) is 30.3 Å². The summed E-state index contributed by atoms with van der Waals surface area (Å²) in [7, 11) is 2.92. The van der Waals surface area contributed by atoms with E-state index in [1.54, 1.807) is 18.2 Å². The van der Waals surface area contributed by atoms with Gasteiger partial charge in [0.15, 0.2) is 18.3 Å². The summed E-state index contributed by atoms with van der Waals surface area (Å²) in [6.45, 7) is 4.40. The first-order valence-electron chi connectivity index (χ1n) is 10.1. The third-order valence-electron chi connectivity index (χ3n) is 4.74. The van der Waals surface area contributed by atoms with Gasteiger partial charge in [0, 0.05) is 39.3 Å². The molecule has 0 radical (unpaired) electrons. The molecule has 0 saturated carbocycles. The number of esters is 4. The Hall–Kier alpha value is -3.34. The molecule has 1 saturated heterocycles. The Labute approximate surface area is 191 Å². The van der Waals surface area contributed by atoms with Gasteiger partial charge in [0.25, 0.3) is 0 Å². The van der Waals surface area contributed by atoms with Crippen LogP contribution in [0.25, 0.3) is 0 Å². The zero-order valence-corrected chi connectivity index (χ0v) is 19.3. The van der Waals surface area contributed by atoms with Crippen molar-refractivity contribution in [3.05, 3.63) is 23.8 Å². The van der Waals surface area contributed by atoms with Gasteiger partial charge in [-0.1, -0.05) is 0 Å². The lowest BCUT2D eigenvalue weighted by Crippen LogP contribution is -2.59. The van der Waals surface area contributed by atoms with Crippen molar-refractivity contribution in [2.24, 2.45) is 0 Å². The van der Waals surface area contributed by atoms with Crippen molar-refractivity contribution in [1.82, 2.24) is 0 Å². The number of hydrogen-bond acceptors (Lipinski definition) is 11. The fourth-order valence-electron chi connectivity index (χ4n) is 3.53. The Morgan fingerprint density at radius 3 is 1.88 bits per heavy atom. The second-order valence-corrected chi connectivity index (χ2v) is 7.23. The summed E-state index contributed by atoms with van der Waals surface area (Å²) in [5.41, 5.74) is 0.441. The number of carbonyl (C=O) groups is 4. The Kier molecular flexibility index (Phi) is 9.03. The Morgan fingerprint density at radius 2 is 1.36 bits per heavy atom. The molecule has 11 nitrogen and oxygen atoms in total. The molecular formula is C22H28O11. The maximum atomic E-state index is 12.0. The quantitative estimate of drug-likeness (QED) is 0.406. The molecule has 1 aromatic carbocycles. The topological polar surface area (TPSA) is 133 Å². The predicted molar refractivity (Wildman–Crippen MR) is 110 cm³/mol. The van der Waals surface area contributed by atoms with Gasteiger partial charge in [-0.3, -0.25) is 19.2 Å². The second-order valence-electron chi connectivity index (χ2n) is 7.23. The molecule has 0 bridgehead atoms. The molecule has 1 aromatic rings. The predicted octanol–water partition coefficient (Wildman–Crippen LogP) is 1.50. The number of benzene rings is 1. The van der Waals surface area contributed by atoms with Crippen LogP contribution in [0, 0.1) is 0 Å². The van der Waals surface area contributed by atoms with Gasteiger partial charge in [0.2, 0.25) is 0 Å². The summed E-state index contributed by atoms with van der Waals surface area (Å²) >= 11 is 0. The van der Waals surface area contributed by atoms with E-state index in [1.807, 2.05) is 0 Å². The summed E-state index contributed by atoms with van der Waals surface area (Å²) in [4.78, 5) is 47.1. The van der Waals surface area contributed by atoms with Gasteiger partial charge >= 0.3 is 23.9 Å². The summed E-state index contributed by atoms with van der Waals surface area (Å²) in [5.74, 6) is -1.84. The van der Waals surface area contributed by atoms with Crippen molar-refractivity contribution in [2.75, 3.05) is 20.8 Å². The van der Waals surface area contributed by atoms with Crippen molar-refractivity contribution in [3.63, 3.8) is 0 Å². The van der Waals surface area contributed by atoms with Crippen LogP contribution in [-0.4, -0.2) is 69.1 Å². The van der Waals surface area contributed by atoms with E-state index in [0.717, 1.165) is 13.8 Å². The van der Waals surface area contributed by atoms with Crippen LogP contribution in [-0.2, 0) is 42.9 Å². The third-order valence-corrected chi connectivity index (χ3v) is 4.74. The summed E-state index contributed by atoms with van der Waals surface area (Å²) in [6, 6.07) is 4.88. The normalized spacial score (nSPS) is 24.2. The van der Waals surface area contributed by atoms with E-state index < -0.39 is 54.4 Å². The lowest BCUT2D eigenvalue weighted by Gasteiger charge is -2.44. The molecule has 0 spiro atoms. The van der Waals surface area contributed by atoms with Gasteiger partial charge in [0.05, 0.1) is 14.2 Å². The average molecular weight is 468 g/mol. The highest BCUT2D eigenvalue weighted by Gasteiger charge is 2.53. The van der Waals surface area contributed by atoms with Gasteiger partial charge in [-0.15, -0.1) is 0 Å². The first-order chi connectivity index (χ1) is 15.6. The van der Waals surface area contributed by atoms with Crippen molar-refractivity contribution in [2.45, 2.75) is 58.2 Å². The van der Waals surface area contributed by atoms with Gasteiger partial charge in [-0.05, 0) is 12.1 Å². The molecule has 0 amide bonds. The smallest absolute Gasteiger partial charge is 0.303 e. The maximum Gasteiger partial charge on any atom is 0.303 e. The standard InChI is InChI=1S/C22H28O11/c1-11(23)29-10-18-20(30-12(2)24)22(32-14(4)26)21(31-13(3)25)19(33-18)16-8-7-15(27-5)9-17(16)28-6/h7-9,18-22H,10H2,1-6H3/t18-,19+,20-,21+,22+/m1/s1.